The van der Waals surface area contributed by atoms with E-state index < -0.39 is 0 Å². The largest absolute Gasteiger partial charge is 0.337 e. The van der Waals surface area contributed by atoms with Crippen molar-refractivity contribution in [3.05, 3.63) is 38.5 Å². The standard InChI is InChI=1S/C22H31N5OS2/c1-15(19-16(2)30-17(3)23-19)25(4)14-18-20(24-22-27(18)12-13-29-22)21(28)26-10-8-6-5-7-9-11-26/h12-13,15H,5-11,14H2,1-4H3/t15-/m1/s1. The summed E-state index contributed by atoms with van der Waals surface area (Å²) < 4.78 is 2.09. The third kappa shape index (κ3) is 4.31. The van der Waals surface area contributed by atoms with Crippen molar-refractivity contribution >= 4 is 33.5 Å². The topological polar surface area (TPSA) is 53.7 Å². The number of nitrogens with zero attached hydrogens (tertiary/aromatic N) is 5. The minimum atomic E-state index is 0.0875. The molecule has 1 amide bonds. The first-order chi connectivity index (χ1) is 14.5. The first-order valence-electron chi connectivity index (χ1n) is 10.8. The number of rotatable bonds is 5. The van der Waals surface area contributed by atoms with Crippen molar-refractivity contribution < 1.29 is 4.79 Å². The maximum absolute atomic E-state index is 13.5. The van der Waals surface area contributed by atoms with Crippen LogP contribution in [0.1, 0.15) is 76.8 Å². The van der Waals surface area contributed by atoms with Crippen molar-refractivity contribution in [1.29, 1.82) is 0 Å². The predicted molar refractivity (Wildman–Crippen MR) is 124 cm³/mol. The summed E-state index contributed by atoms with van der Waals surface area (Å²) >= 11 is 3.33. The molecule has 0 aromatic carbocycles. The zero-order chi connectivity index (χ0) is 21.3. The minimum absolute atomic E-state index is 0.0875. The monoisotopic (exact) mass is 445 g/mol. The Hall–Kier alpha value is -1.77. The van der Waals surface area contributed by atoms with E-state index in [0.29, 0.717) is 12.2 Å². The van der Waals surface area contributed by atoms with Gasteiger partial charge in [-0.25, -0.2) is 9.97 Å². The third-order valence-corrected chi connectivity index (χ3v) is 7.76. The number of carbonyl (C=O) groups excluding carboxylic acids is 1. The van der Waals surface area contributed by atoms with Gasteiger partial charge < -0.3 is 4.90 Å². The number of amides is 1. The molecule has 8 heteroatoms. The lowest BCUT2D eigenvalue weighted by Gasteiger charge is -2.26. The molecule has 6 nitrogen and oxygen atoms in total. The van der Waals surface area contributed by atoms with Crippen LogP contribution in [0, 0.1) is 13.8 Å². The average molecular weight is 446 g/mol. The first kappa shape index (κ1) is 21.5. The number of hydrogen-bond donors (Lipinski definition) is 0. The van der Waals surface area contributed by atoms with E-state index in [9.17, 15) is 4.79 Å². The summed E-state index contributed by atoms with van der Waals surface area (Å²) in [6.45, 7) is 8.72. The van der Waals surface area contributed by atoms with Crippen LogP contribution in [0.5, 0.6) is 0 Å². The highest BCUT2D eigenvalue weighted by Crippen LogP contribution is 2.28. The fourth-order valence-corrected chi connectivity index (χ4v) is 5.91. The smallest absolute Gasteiger partial charge is 0.274 e. The summed E-state index contributed by atoms with van der Waals surface area (Å²) in [6.07, 6.45) is 7.91. The molecule has 1 atom stereocenters. The summed E-state index contributed by atoms with van der Waals surface area (Å²) in [6, 6.07) is 0.170. The van der Waals surface area contributed by atoms with Gasteiger partial charge in [0.15, 0.2) is 10.7 Å². The molecule has 30 heavy (non-hydrogen) atoms. The second-order valence-corrected chi connectivity index (χ2v) is 10.6. The molecular formula is C22H31N5OS2. The van der Waals surface area contributed by atoms with Crippen molar-refractivity contribution in [3.8, 4) is 0 Å². The van der Waals surface area contributed by atoms with Crippen molar-refractivity contribution in [2.75, 3.05) is 20.1 Å². The van der Waals surface area contributed by atoms with Gasteiger partial charge in [-0.2, -0.15) is 0 Å². The van der Waals surface area contributed by atoms with E-state index in [1.807, 2.05) is 16.5 Å². The van der Waals surface area contributed by atoms with Gasteiger partial charge in [-0.15, -0.1) is 22.7 Å². The second kappa shape index (κ2) is 9.16. The Labute approximate surface area is 186 Å². The van der Waals surface area contributed by atoms with Crippen LogP contribution in [-0.4, -0.2) is 50.2 Å². The molecule has 4 rings (SSSR count). The third-order valence-electron chi connectivity index (χ3n) is 6.10. The van der Waals surface area contributed by atoms with Crippen molar-refractivity contribution in [2.24, 2.45) is 0 Å². The van der Waals surface area contributed by atoms with Gasteiger partial charge in [-0.1, -0.05) is 19.3 Å². The van der Waals surface area contributed by atoms with Crippen molar-refractivity contribution in [2.45, 2.75) is 65.5 Å². The number of fused-ring (bicyclic) bond motifs is 1. The summed E-state index contributed by atoms with van der Waals surface area (Å²) in [5, 5.41) is 3.13. The summed E-state index contributed by atoms with van der Waals surface area (Å²) in [5.41, 5.74) is 2.73. The highest BCUT2D eigenvalue weighted by Gasteiger charge is 2.27. The summed E-state index contributed by atoms with van der Waals surface area (Å²) in [5.74, 6) is 0.0875. The van der Waals surface area contributed by atoms with Gasteiger partial charge in [-0.05, 0) is 40.7 Å². The molecule has 0 aliphatic carbocycles. The van der Waals surface area contributed by atoms with Crippen LogP contribution in [0.4, 0.5) is 0 Å². The molecule has 0 saturated carbocycles. The molecule has 0 spiro atoms. The van der Waals surface area contributed by atoms with Crippen LogP contribution in [-0.2, 0) is 6.54 Å². The van der Waals surface area contributed by atoms with Gasteiger partial charge in [0.05, 0.1) is 22.4 Å². The Morgan fingerprint density at radius 1 is 1.17 bits per heavy atom. The van der Waals surface area contributed by atoms with Crippen LogP contribution in [0.25, 0.3) is 4.96 Å². The normalized spacial score (nSPS) is 16.8. The van der Waals surface area contributed by atoms with E-state index in [1.54, 1.807) is 22.7 Å². The molecule has 0 radical (unpaired) electrons. The zero-order valence-corrected chi connectivity index (χ0v) is 20.0. The lowest BCUT2D eigenvalue weighted by atomic mass is 10.1. The molecule has 0 N–H and O–H groups in total. The molecule has 4 heterocycles. The highest BCUT2D eigenvalue weighted by atomic mass is 32.1. The maximum atomic E-state index is 13.5. The predicted octanol–water partition coefficient (Wildman–Crippen LogP) is 5.07. The molecule has 1 aliphatic heterocycles. The average Bonchev–Trinajstić information content (AvgIpc) is 3.36. The van der Waals surface area contributed by atoms with Gasteiger partial charge in [0.1, 0.15) is 0 Å². The molecule has 0 unspecified atom stereocenters. The Bertz CT molecular complexity index is 1010. The van der Waals surface area contributed by atoms with Gasteiger partial charge >= 0.3 is 0 Å². The van der Waals surface area contributed by atoms with E-state index in [0.717, 1.165) is 47.3 Å². The number of carbonyl (C=O) groups is 1. The number of aromatic nitrogens is 3. The second-order valence-electron chi connectivity index (χ2n) is 8.29. The summed E-state index contributed by atoms with van der Waals surface area (Å²) in [4.78, 5) is 29.4. The molecule has 3 aromatic heterocycles. The summed E-state index contributed by atoms with van der Waals surface area (Å²) in [7, 11) is 2.11. The van der Waals surface area contributed by atoms with Crippen molar-refractivity contribution in [3.63, 3.8) is 0 Å². The lowest BCUT2D eigenvalue weighted by Crippen LogP contribution is -2.35. The Morgan fingerprint density at radius 2 is 1.87 bits per heavy atom. The molecular weight excluding hydrogens is 414 g/mol. The molecule has 1 saturated heterocycles. The van der Waals surface area contributed by atoms with Gasteiger partial charge in [0, 0.05) is 36.1 Å². The fraction of sp³-hybridized carbons (Fsp3) is 0.591. The first-order valence-corrected chi connectivity index (χ1v) is 12.5. The van der Waals surface area contributed by atoms with E-state index in [4.69, 9.17) is 9.97 Å². The minimum Gasteiger partial charge on any atom is -0.337 e. The van der Waals surface area contributed by atoms with Gasteiger partial charge in [0.2, 0.25) is 0 Å². The number of hydrogen-bond acceptors (Lipinski definition) is 6. The zero-order valence-electron chi connectivity index (χ0n) is 18.3. The van der Waals surface area contributed by atoms with Crippen LogP contribution in [0.15, 0.2) is 11.6 Å². The van der Waals surface area contributed by atoms with E-state index in [-0.39, 0.29) is 11.9 Å². The quantitative estimate of drug-likeness (QED) is 0.550. The molecule has 1 fully saturated rings. The van der Waals surface area contributed by atoms with Crippen molar-refractivity contribution in [1.82, 2.24) is 24.2 Å². The number of aryl methyl sites for hydroxylation is 2. The SMILES string of the molecule is Cc1nc([C@@H](C)N(C)Cc2c(C(=O)N3CCCCCCC3)nc3sccn23)c(C)s1. The van der Waals surface area contributed by atoms with Crippen LogP contribution in [0.2, 0.25) is 0 Å². The molecule has 1 aliphatic rings. The van der Waals surface area contributed by atoms with Gasteiger partial charge in [-0.3, -0.25) is 14.1 Å². The van der Waals surface area contributed by atoms with Crippen LogP contribution in [0.3, 0.4) is 0 Å². The lowest BCUT2D eigenvalue weighted by molar-refractivity contribution is 0.0734. The molecule has 162 valence electrons. The Kier molecular flexibility index (Phi) is 6.55. The highest BCUT2D eigenvalue weighted by molar-refractivity contribution is 7.15. The fourth-order valence-electron chi connectivity index (χ4n) is 4.27. The number of thiazole rings is 2. The Balaban J connectivity index is 1.61. The Morgan fingerprint density at radius 3 is 2.53 bits per heavy atom. The molecule has 0 bridgehead atoms. The van der Waals surface area contributed by atoms with E-state index in [1.165, 1.54) is 24.1 Å². The number of likely N-dealkylation sites (tertiary alicyclic amines) is 1. The van der Waals surface area contributed by atoms with E-state index >= 15 is 0 Å². The van der Waals surface area contributed by atoms with Gasteiger partial charge in [0.25, 0.3) is 5.91 Å². The van der Waals surface area contributed by atoms with Crippen LogP contribution < -0.4 is 0 Å². The number of imidazole rings is 1. The van der Waals surface area contributed by atoms with E-state index in [2.05, 4.69) is 37.1 Å². The van der Waals surface area contributed by atoms with Crippen LogP contribution >= 0.6 is 22.7 Å². The maximum Gasteiger partial charge on any atom is 0.274 e. The molecule has 3 aromatic rings.